The molecule has 0 spiro atoms. The van der Waals surface area contributed by atoms with Crippen LogP contribution >= 0.6 is 22.7 Å². The van der Waals surface area contributed by atoms with Crippen LogP contribution < -0.4 is 5.32 Å². The minimum Gasteiger partial charge on any atom is -0.349 e. The zero-order valence-electron chi connectivity index (χ0n) is 14.4. The third-order valence-electron chi connectivity index (χ3n) is 3.89. The standard InChI is InChI=1S/C18H20N4OS2/c1-12-16(25-18(21-12)14-6-4-5-8-19-14)17(23)20-10-15(22(2)3)13-7-9-24-11-13/h4-9,11,15H,10H2,1-3H3,(H,20,23). The van der Waals surface area contributed by atoms with Crippen LogP contribution in [-0.4, -0.2) is 41.4 Å². The Balaban J connectivity index is 1.72. The van der Waals surface area contributed by atoms with Gasteiger partial charge in [-0.2, -0.15) is 11.3 Å². The van der Waals surface area contributed by atoms with Crippen molar-refractivity contribution in [2.75, 3.05) is 20.6 Å². The third kappa shape index (κ3) is 4.12. The molecule has 3 aromatic heterocycles. The van der Waals surface area contributed by atoms with Gasteiger partial charge < -0.3 is 10.2 Å². The van der Waals surface area contributed by atoms with E-state index in [1.54, 1.807) is 17.5 Å². The quantitative estimate of drug-likeness (QED) is 0.718. The molecule has 7 heteroatoms. The van der Waals surface area contributed by atoms with Gasteiger partial charge in [-0.15, -0.1) is 11.3 Å². The van der Waals surface area contributed by atoms with E-state index in [0.29, 0.717) is 11.4 Å². The molecule has 25 heavy (non-hydrogen) atoms. The molecule has 0 aromatic carbocycles. The van der Waals surface area contributed by atoms with Crippen molar-refractivity contribution in [3.8, 4) is 10.7 Å². The number of aryl methyl sites for hydroxylation is 1. The molecule has 5 nitrogen and oxygen atoms in total. The van der Waals surface area contributed by atoms with Gasteiger partial charge >= 0.3 is 0 Å². The van der Waals surface area contributed by atoms with Crippen LogP contribution in [-0.2, 0) is 0 Å². The summed E-state index contributed by atoms with van der Waals surface area (Å²) >= 11 is 3.05. The molecule has 0 aliphatic heterocycles. The first-order valence-corrected chi connectivity index (χ1v) is 9.67. The van der Waals surface area contributed by atoms with E-state index >= 15 is 0 Å². The average Bonchev–Trinajstić information content (AvgIpc) is 3.25. The van der Waals surface area contributed by atoms with Crippen molar-refractivity contribution in [3.05, 3.63) is 57.4 Å². The lowest BCUT2D eigenvalue weighted by Gasteiger charge is -2.23. The summed E-state index contributed by atoms with van der Waals surface area (Å²) in [6, 6.07) is 7.93. The molecular weight excluding hydrogens is 352 g/mol. The number of likely N-dealkylation sites (N-methyl/N-ethyl adjacent to an activating group) is 1. The molecule has 0 saturated heterocycles. The predicted octanol–water partition coefficient (Wildman–Crippen LogP) is 3.61. The number of rotatable bonds is 6. The number of thiophene rings is 1. The molecule has 0 bridgehead atoms. The molecule has 3 rings (SSSR count). The summed E-state index contributed by atoms with van der Waals surface area (Å²) in [5.74, 6) is -0.0840. The highest BCUT2D eigenvalue weighted by atomic mass is 32.1. The lowest BCUT2D eigenvalue weighted by atomic mass is 10.1. The maximum Gasteiger partial charge on any atom is 0.263 e. The fourth-order valence-electron chi connectivity index (χ4n) is 2.54. The summed E-state index contributed by atoms with van der Waals surface area (Å²) in [5.41, 5.74) is 2.74. The maximum absolute atomic E-state index is 12.6. The molecule has 0 radical (unpaired) electrons. The van der Waals surface area contributed by atoms with Gasteiger partial charge in [0.25, 0.3) is 5.91 Å². The first-order chi connectivity index (χ1) is 12.1. The maximum atomic E-state index is 12.6. The van der Waals surface area contributed by atoms with E-state index in [1.807, 2.05) is 39.2 Å². The largest absolute Gasteiger partial charge is 0.349 e. The number of aromatic nitrogens is 2. The van der Waals surface area contributed by atoms with Crippen LogP contribution in [0.1, 0.15) is 27.0 Å². The topological polar surface area (TPSA) is 58.1 Å². The number of carbonyl (C=O) groups is 1. The number of thiazole rings is 1. The zero-order valence-corrected chi connectivity index (χ0v) is 16.0. The Morgan fingerprint density at radius 3 is 2.80 bits per heavy atom. The summed E-state index contributed by atoms with van der Waals surface area (Å²) in [5, 5.41) is 7.99. The van der Waals surface area contributed by atoms with Gasteiger partial charge in [0.1, 0.15) is 9.88 Å². The van der Waals surface area contributed by atoms with Gasteiger partial charge in [-0.25, -0.2) is 4.98 Å². The van der Waals surface area contributed by atoms with Gasteiger partial charge in [0.2, 0.25) is 0 Å². The monoisotopic (exact) mass is 372 g/mol. The second-order valence-corrected chi connectivity index (χ2v) is 7.67. The minimum atomic E-state index is -0.0840. The van der Waals surface area contributed by atoms with E-state index in [-0.39, 0.29) is 11.9 Å². The lowest BCUT2D eigenvalue weighted by molar-refractivity contribution is 0.0945. The zero-order chi connectivity index (χ0) is 17.8. The van der Waals surface area contributed by atoms with Crippen LogP contribution in [0.2, 0.25) is 0 Å². The molecule has 1 unspecified atom stereocenters. The van der Waals surface area contributed by atoms with E-state index in [4.69, 9.17) is 0 Å². The lowest BCUT2D eigenvalue weighted by Crippen LogP contribution is -2.34. The first kappa shape index (κ1) is 17.7. The second-order valence-electron chi connectivity index (χ2n) is 5.89. The third-order valence-corrected chi connectivity index (χ3v) is 5.77. The van der Waals surface area contributed by atoms with Crippen molar-refractivity contribution in [1.29, 1.82) is 0 Å². The van der Waals surface area contributed by atoms with Crippen LogP contribution in [0.4, 0.5) is 0 Å². The van der Waals surface area contributed by atoms with E-state index in [0.717, 1.165) is 16.4 Å². The van der Waals surface area contributed by atoms with Crippen LogP contribution in [0.3, 0.4) is 0 Å². The van der Waals surface area contributed by atoms with E-state index in [1.165, 1.54) is 16.9 Å². The highest BCUT2D eigenvalue weighted by Gasteiger charge is 2.20. The Morgan fingerprint density at radius 2 is 2.16 bits per heavy atom. The molecule has 3 heterocycles. The number of carbonyl (C=O) groups excluding carboxylic acids is 1. The molecule has 3 aromatic rings. The molecule has 0 aliphatic carbocycles. The average molecular weight is 373 g/mol. The van der Waals surface area contributed by atoms with Crippen molar-refractivity contribution in [2.24, 2.45) is 0 Å². The van der Waals surface area contributed by atoms with Crippen LogP contribution in [0.5, 0.6) is 0 Å². The van der Waals surface area contributed by atoms with E-state index in [9.17, 15) is 4.79 Å². The summed E-state index contributed by atoms with van der Waals surface area (Å²) in [6.07, 6.45) is 1.73. The summed E-state index contributed by atoms with van der Waals surface area (Å²) < 4.78 is 0. The molecule has 1 atom stereocenters. The SMILES string of the molecule is Cc1nc(-c2ccccn2)sc1C(=O)NCC(c1ccsc1)N(C)C. The van der Waals surface area contributed by atoms with Crippen LogP contribution in [0.25, 0.3) is 10.7 Å². The predicted molar refractivity (Wildman–Crippen MR) is 103 cm³/mol. The van der Waals surface area contributed by atoms with Gasteiger partial charge in [0.15, 0.2) is 0 Å². The van der Waals surface area contributed by atoms with Gasteiger partial charge in [-0.1, -0.05) is 6.07 Å². The normalized spacial score (nSPS) is 12.3. The number of hydrogen-bond donors (Lipinski definition) is 1. The second kappa shape index (κ2) is 7.86. The van der Waals surface area contributed by atoms with Crippen molar-refractivity contribution in [1.82, 2.24) is 20.2 Å². The molecule has 0 aliphatic rings. The molecular formula is C18H20N4OS2. The van der Waals surface area contributed by atoms with Crippen molar-refractivity contribution in [2.45, 2.75) is 13.0 Å². The van der Waals surface area contributed by atoms with E-state index in [2.05, 4.69) is 37.0 Å². The fraction of sp³-hybridized carbons (Fsp3) is 0.278. The first-order valence-electron chi connectivity index (χ1n) is 7.92. The highest BCUT2D eigenvalue weighted by molar-refractivity contribution is 7.17. The Hall–Kier alpha value is -2.09. The number of nitrogens with one attached hydrogen (secondary N) is 1. The number of hydrogen-bond acceptors (Lipinski definition) is 6. The van der Waals surface area contributed by atoms with Crippen molar-refractivity contribution in [3.63, 3.8) is 0 Å². The Bertz CT molecular complexity index is 828. The van der Waals surface area contributed by atoms with Gasteiger partial charge in [-0.05, 0) is 55.5 Å². The summed E-state index contributed by atoms with van der Waals surface area (Å²) in [7, 11) is 4.04. The smallest absolute Gasteiger partial charge is 0.263 e. The van der Waals surface area contributed by atoms with Crippen LogP contribution in [0.15, 0.2) is 41.2 Å². The van der Waals surface area contributed by atoms with Crippen molar-refractivity contribution >= 4 is 28.6 Å². The number of nitrogens with zero attached hydrogens (tertiary/aromatic N) is 3. The molecule has 130 valence electrons. The minimum absolute atomic E-state index is 0.0840. The number of pyridine rings is 1. The molecule has 0 saturated carbocycles. The van der Waals surface area contributed by atoms with Crippen molar-refractivity contribution < 1.29 is 4.79 Å². The summed E-state index contributed by atoms with van der Waals surface area (Å²) in [4.78, 5) is 24.2. The Morgan fingerprint density at radius 1 is 1.32 bits per heavy atom. The van der Waals surface area contributed by atoms with E-state index < -0.39 is 0 Å². The molecule has 0 fully saturated rings. The van der Waals surface area contributed by atoms with Crippen LogP contribution in [0, 0.1) is 6.92 Å². The highest BCUT2D eigenvalue weighted by Crippen LogP contribution is 2.26. The van der Waals surface area contributed by atoms with Gasteiger partial charge in [-0.3, -0.25) is 9.78 Å². The molecule has 1 N–H and O–H groups in total. The number of amides is 1. The van der Waals surface area contributed by atoms with Gasteiger partial charge in [0.05, 0.1) is 17.4 Å². The Labute approximate surface area is 155 Å². The van der Waals surface area contributed by atoms with Gasteiger partial charge in [0, 0.05) is 12.7 Å². The fourth-order valence-corrected chi connectivity index (χ4v) is 4.21. The molecule has 1 amide bonds. The summed E-state index contributed by atoms with van der Waals surface area (Å²) in [6.45, 7) is 2.42. The Kier molecular flexibility index (Phi) is 5.57.